The number of oxazole rings is 1. The third kappa shape index (κ3) is 5.99. The molecule has 0 radical (unpaired) electrons. The van der Waals surface area contributed by atoms with Gasteiger partial charge in [-0.2, -0.15) is 0 Å². The molecule has 25 heavy (non-hydrogen) atoms. The Balaban J connectivity index is 0.00000156. The maximum Gasteiger partial charge on any atom is 0.220 e. The van der Waals surface area contributed by atoms with E-state index in [1.54, 1.807) is 18.2 Å². The standard InChI is InChI=1S/C17H20FN3O2.2ClH/c18-14-6-2-1-5-13(14)15-11-21-17(23-15)8-7-16(22)20-10-12-4-3-9-19-12;;/h1-2,5-6,11-12,19H,3-4,7-10H2,(H,20,22);2*1H. The lowest BCUT2D eigenvalue weighted by atomic mass is 10.2. The monoisotopic (exact) mass is 389 g/mol. The molecular weight excluding hydrogens is 368 g/mol. The summed E-state index contributed by atoms with van der Waals surface area (Å²) in [5, 5.41) is 6.24. The van der Waals surface area contributed by atoms with Crippen molar-refractivity contribution in [2.75, 3.05) is 13.1 Å². The molecular formula is C17H22Cl2FN3O2. The third-order valence-electron chi connectivity index (χ3n) is 3.97. The number of halogens is 3. The summed E-state index contributed by atoms with van der Waals surface area (Å²) in [7, 11) is 0. The van der Waals surface area contributed by atoms with E-state index in [2.05, 4.69) is 15.6 Å². The molecule has 1 aromatic carbocycles. The van der Waals surface area contributed by atoms with Crippen molar-refractivity contribution in [3.63, 3.8) is 0 Å². The fourth-order valence-electron chi connectivity index (χ4n) is 2.69. The lowest BCUT2D eigenvalue weighted by molar-refractivity contribution is -0.121. The Kier molecular flexibility index (Phi) is 8.89. The van der Waals surface area contributed by atoms with E-state index in [1.165, 1.54) is 12.3 Å². The van der Waals surface area contributed by atoms with E-state index in [0.717, 1.165) is 19.4 Å². The van der Waals surface area contributed by atoms with Gasteiger partial charge in [0.1, 0.15) is 5.82 Å². The van der Waals surface area contributed by atoms with Crippen molar-refractivity contribution in [3.05, 3.63) is 42.2 Å². The number of rotatable bonds is 6. The highest BCUT2D eigenvalue weighted by molar-refractivity contribution is 5.85. The lowest BCUT2D eigenvalue weighted by Crippen LogP contribution is -2.37. The number of hydrogen-bond donors (Lipinski definition) is 2. The van der Waals surface area contributed by atoms with Crippen molar-refractivity contribution in [2.24, 2.45) is 0 Å². The Labute approximate surface area is 158 Å². The van der Waals surface area contributed by atoms with Crippen LogP contribution in [0.3, 0.4) is 0 Å². The van der Waals surface area contributed by atoms with Crippen LogP contribution in [0.25, 0.3) is 11.3 Å². The second-order valence-electron chi connectivity index (χ2n) is 5.70. The van der Waals surface area contributed by atoms with Gasteiger partial charge in [-0.3, -0.25) is 4.79 Å². The van der Waals surface area contributed by atoms with Gasteiger partial charge in [-0.15, -0.1) is 24.8 Å². The molecule has 3 rings (SSSR count). The minimum absolute atomic E-state index is 0. The average Bonchev–Trinajstić information content (AvgIpc) is 3.23. The maximum atomic E-state index is 13.7. The normalized spacial score (nSPS) is 16.0. The summed E-state index contributed by atoms with van der Waals surface area (Å²) in [4.78, 5) is 16.0. The molecule has 2 N–H and O–H groups in total. The molecule has 5 nitrogen and oxygen atoms in total. The van der Waals surface area contributed by atoms with E-state index in [0.29, 0.717) is 42.6 Å². The van der Waals surface area contributed by atoms with Crippen LogP contribution in [-0.2, 0) is 11.2 Å². The smallest absolute Gasteiger partial charge is 0.220 e. The van der Waals surface area contributed by atoms with Crippen molar-refractivity contribution in [1.82, 2.24) is 15.6 Å². The van der Waals surface area contributed by atoms with Crippen molar-refractivity contribution < 1.29 is 13.6 Å². The number of aryl methyl sites for hydroxylation is 1. The fraction of sp³-hybridized carbons (Fsp3) is 0.412. The summed E-state index contributed by atoms with van der Waals surface area (Å²) < 4.78 is 19.2. The molecule has 1 saturated heterocycles. The lowest BCUT2D eigenvalue weighted by Gasteiger charge is -2.10. The first kappa shape index (κ1) is 21.4. The van der Waals surface area contributed by atoms with E-state index in [-0.39, 0.29) is 36.5 Å². The Hall–Kier alpha value is -1.63. The summed E-state index contributed by atoms with van der Waals surface area (Å²) in [5.41, 5.74) is 0.378. The number of aromatic nitrogens is 1. The molecule has 2 aromatic rings. The molecule has 1 fully saturated rings. The van der Waals surface area contributed by atoms with Gasteiger partial charge in [0.2, 0.25) is 5.91 Å². The van der Waals surface area contributed by atoms with Crippen LogP contribution in [0.1, 0.15) is 25.2 Å². The van der Waals surface area contributed by atoms with Gasteiger partial charge < -0.3 is 15.1 Å². The van der Waals surface area contributed by atoms with E-state index < -0.39 is 0 Å². The highest BCUT2D eigenvalue weighted by Crippen LogP contribution is 2.23. The van der Waals surface area contributed by atoms with Crippen LogP contribution in [0.4, 0.5) is 4.39 Å². The molecule has 1 atom stereocenters. The third-order valence-corrected chi connectivity index (χ3v) is 3.97. The van der Waals surface area contributed by atoms with E-state index in [1.807, 2.05) is 0 Å². The highest BCUT2D eigenvalue weighted by Gasteiger charge is 2.15. The van der Waals surface area contributed by atoms with Crippen LogP contribution in [0, 0.1) is 5.82 Å². The van der Waals surface area contributed by atoms with Crippen molar-refractivity contribution >= 4 is 30.7 Å². The van der Waals surface area contributed by atoms with Crippen molar-refractivity contribution in [3.8, 4) is 11.3 Å². The Morgan fingerprint density at radius 1 is 1.36 bits per heavy atom. The molecule has 0 aliphatic carbocycles. The number of amides is 1. The molecule has 1 unspecified atom stereocenters. The van der Waals surface area contributed by atoms with Crippen LogP contribution in [-0.4, -0.2) is 30.0 Å². The number of nitrogens with one attached hydrogen (secondary N) is 2. The quantitative estimate of drug-likeness (QED) is 0.796. The largest absolute Gasteiger partial charge is 0.441 e. The summed E-state index contributed by atoms with van der Waals surface area (Å²) in [6, 6.07) is 6.77. The second kappa shape index (κ2) is 10.4. The summed E-state index contributed by atoms with van der Waals surface area (Å²) >= 11 is 0. The molecule has 0 spiro atoms. The number of carbonyl (C=O) groups is 1. The summed E-state index contributed by atoms with van der Waals surface area (Å²) in [5.74, 6) is 0.451. The number of hydrogen-bond acceptors (Lipinski definition) is 4. The van der Waals surface area contributed by atoms with E-state index in [9.17, 15) is 9.18 Å². The van der Waals surface area contributed by atoms with Crippen LogP contribution in [0.5, 0.6) is 0 Å². The SMILES string of the molecule is Cl.Cl.O=C(CCc1ncc(-c2ccccc2F)o1)NCC1CCCN1. The first-order chi connectivity index (χ1) is 11.2. The molecule has 1 aromatic heterocycles. The highest BCUT2D eigenvalue weighted by atomic mass is 35.5. The Bertz CT molecular complexity index is 675. The molecule has 2 heterocycles. The zero-order valence-electron chi connectivity index (χ0n) is 13.7. The van der Waals surface area contributed by atoms with Gasteiger partial charge in [0.15, 0.2) is 11.7 Å². The summed E-state index contributed by atoms with van der Waals surface area (Å²) in [6.07, 6.45) is 4.47. The minimum atomic E-state index is -0.350. The second-order valence-corrected chi connectivity index (χ2v) is 5.70. The molecule has 1 aliphatic rings. The zero-order valence-corrected chi connectivity index (χ0v) is 15.3. The first-order valence-electron chi connectivity index (χ1n) is 7.92. The molecule has 8 heteroatoms. The fourth-order valence-corrected chi connectivity index (χ4v) is 2.69. The molecule has 138 valence electrons. The van der Waals surface area contributed by atoms with Crippen molar-refractivity contribution in [2.45, 2.75) is 31.7 Å². The van der Waals surface area contributed by atoms with Crippen LogP contribution in [0.15, 0.2) is 34.9 Å². The number of nitrogens with zero attached hydrogens (tertiary/aromatic N) is 1. The molecule has 1 aliphatic heterocycles. The van der Waals surface area contributed by atoms with Gasteiger partial charge in [-0.25, -0.2) is 9.37 Å². The summed E-state index contributed by atoms with van der Waals surface area (Å²) in [6.45, 7) is 1.68. The maximum absolute atomic E-state index is 13.7. The van der Waals surface area contributed by atoms with Gasteiger partial charge in [0.25, 0.3) is 0 Å². The molecule has 0 saturated carbocycles. The van der Waals surface area contributed by atoms with E-state index >= 15 is 0 Å². The first-order valence-corrected chi connectivity index (χ1v) is 7.92. The van der Waals surface area contributed by atoms with Crippen LogP contribution >= 0.6 is 24.8 Å². The Morgan fingerprint density at radius 3 is 2.88 bits per heavy atom. The molecule has 1 amide bonds. The zero-order chi connectivity index (χ0) is 16.1. The van der Waals surface area contributed by atoms with Gasteiger partial charge in [0.05, 0.1) is 11.8 Å². The van der Waals surface area contributed by atoms with Crippen LogP contribution < -0.4 is 10.6 Å². The predicted octanol–water partition coefficient (Wildman–Crippen LogP) is 3.13. The van der Waals surface area contributed by atoms with Gasteiger partial charge >= 0.3 is 0 Å². The molecule has 0 bridgehead atoms. The Morgan fingerprint density at radius 2 is 2.16 bits per heavy atom. The van der Waals surface area contributed by atoms with Crippen LogP contribution in [0.2, 0.25) is 0 Å². The minimum Gasteiger partial charge on any atom is -0.441 e. The topological polar surface area (TPSA) is 67.2 Å². The number of benzene rings is 1. The predicted molar refractivity (Wildman–Crippen MR) is 98.7 cm³/mol. The number of carbonyl (C=O) groups excluding carboxylic acids is 1. The van der Waals surface area contributed by atoms with E-state index in [4.69, 9.17) is 4.42 Å². The van der Waals surface area contributed by atoms with Gasteiger partial charge in [-0.05, 0) is 31.5 Å². The average molecular weight is 390 g/mol. The van der Waals surface area contributed by atoms with Crippen molar-refractivity contribution in [1.29, 1.82) is 0 Å². The van der Waals surface area contributed by atoms with Gasteiger partial charge in [-0.1, -0.05) is 12.1 Å². The van der Waals surface area contributed by atoms with Gasteiger partial charge in [0, 0.05) is 25.4 Å².